The average molecular weight is 436 g/mol. The smallest absolute Gasteiger partial charge is 0.265 e. The molecule has 158 valence electrons. The van der Waals surface area contributed by atoms with E-state index < -0.39 is 22.4 Å². The van der Waals surface area contributed by atoms with E-state index in [4.69, 9.17) is 4.74 Å². The second-order valence-corrected chi connectivity index (χ2v) is 8.63. The van der Waals surface area contributed by atoms with Crippen molar-refractivity contribution in [1.82, 2.24) is 9.29 Å². The van der Waals surface area contributed by atoms with E-state index >= 15 is 0 Å². The molecule has 0 atom stereocenters. The fourth-order valence-electron chi connectivity index (χ4n) is 3.36. The van der Waals surface area contributed by atoms with Crippen LogP contribution < -0.4 is 4.74 Å². The minimum absolute atomic E-state index is 0.0402. The number of allylic oxidation sites excluding steroid dienone is 1. The number of β-amino-alcohol motifs (C(OH)–C–C–N with tert-alkyl or cyclic N) is 1. The summed E-state index contributed by atoms with van der Waals surface area (Å²) in [6.45, 7) is -0.439. The molecule has 3 aromatic rings. The number of benzene rings is 2. The zero-order valence-electron chi connectivity index (χ0n) is 16.5. The summed E-state index contributed by atoms with van der Waals surface area (Å²) in [6.07, 6.45) is 3.15. The van der Waals surface area contributed by atoms with E-state index in [0.717, 1.165) is 10.00 Å². The van der Waals surface area contributed by atoms with Gasteiger partial charge in [0.05, 0.1) is 23.7 Å². The van der Waals surface area contributed by atoms with Crippen LogP contribution in [0.4, 0.5) is 0 Å². The first-order valence-corrected chi connectivity index (χ1v) is 11.1. The van der Waals surface area contributed by atoms with Gasteiger partial charge in [0.15, 0.2) is 0 Å². The zero-order valence-corrected chi connectivity index (χ0v) is 17.3. The van der Waals surface area contributed by atoms with E-state index in [-0.39, 0.29) is 29.3 Å². The van der Waals surface area contributed by atoms with E-state index in [1.807, 2.05) is 18.2 Å². The Balaban J connectivity index is 1.76. The highest BCUT2D eigenvalue weighted by Gasteiger charge is 2.38. The maximum atomic E-state index is 13.2. The predicted molar refractivity (Wildman–Crippen MR) is 115 cm³/mol. The number of hydrogen-bond acceptors (Lipinski definition) is 6. The molecule has 8 heteroatoms. The lowest BCUT2D eigenvalue weighted by Gasteiger charge is -2.30. The number of pyridine rings is 1. The number of aromatic nitrogens is 1. The van der Waals surface area contributed by atoms with Gasteiger partial charge in [-0.2, -0.15) is 0 Å². The van der Waals surface area contributed by atoms with Gasteiger partial charge in [-0.3, -0.25) is 14.1 Å². The van der Waals surface area contributed by atoms with Gasteiger partial charge in [-0.25, -0.2) is 8.42 Å². The molecule has 0 fully saturated rings. The monoisotopic (exact) mass is 436 g/mol. The predicted octanol–water partition coefficient (Wildman–Crippen LogP) is 2.88. The van der Waals surface area contributed by atoms with Gasteiger partial charge in [0.25, 0.3) is 10.0 Å². The molecule has 0 saturated carbocycles. The number of fused-ring (bicyclic) bond motifs is 1. The number of carbonyl (C=O) groups excluding carboxylic acids is 1. The number of ether oxygens (including phenoxy) is 1. The molecule has 4 rings (SSSR count). The standard InChI is InChI=1S/C23H20N2O5S/c26-14-13-25-20(23(27)19-9-2-4-11-22(19)31(25,28)29)15-17-7-1-3-10-21(17)30-16-18-8-5-6-12-24-18/h1-12,15,26H,13-14,16H2/b20-15-. The van der Waals surface area contributed by atoms with Crippen LogP contribution in [-0.2, 0) is 16.6 Å². The molecule has 31 heavy (non-hydrogen) atoms. The highest BCUT2D eigenvalue weighted by atomic mass is 32.2. The van der Waals surface area contributed by atoms with Crippen molar-refractivity contribution in [2.75, 3.05) is 13.2 Å². The fourth-order valence-corrected chi connectivity index (χ4v) is 5.00. The fraction of sp³-hybridized carbons (Fsp3) is 0.130. The number of aliphatic hydroxyl groups is 1. The summed E-state index contributed by atoms with van der Waals surface area (Å²) in [5, 5.41) is 9.46. The molecule has 0 unspecified atom stereocenters. The first-order chi connectivity index (χ1) is 15.0. The van der Waals surface area contributed by atoms with E-state index in [1.165, 1.54) is 18.2 Å². The van der Waals surface area contributed by atoms with Crippen LogP contribution in [0, 0.1) is 0 Å². The van der Waals surface area contributed by atoms with Crippen molar-refractivity contribution in [3.8, 4) is 5.75 Å². The van der Waals surface area contributed by atoms with E-state index in [1.54, 1.807) is 42.6 Å². The van der Waals surface area contributed by atoms with Crippen LogP contribution in [0.1, 0.15) is 21.6 Å². The van der Waals surface area contributed by atoms with Crippen LogP contribution in [0.5, 0.6) is 5.75 Å². The summed E-state index contributed by atoms with van der Waals surface area (Å²) >= 11 is 0. The SMILES string of the molecule is O=C1/C(=C/c2ccccc2OCc2ccccn2)N(CCO)S(=O)(=O)c2ccccc21. The third-order valence-electron chi connectivity index (χ3n) is 4.82. The highest BCUT2D eigenvalue weighted by molar-refractivity contribution is 7.89. The summed E-state index contributed by atoms with van der Waals surface area (Å²) in [5.74, 6) is 0.0482. The maximum absolute atomic E-state index is 13.2. The molecule has 1 aromatic heterocycles. The molecule has 0 radical (unpaired) electrons. The first kappa shape index (κ1) is 20.8. The summed E-state index contributed by atoms with van der Waals surface area (Å²) < 4.78 is 33.1. The molecular formula is C23H20N2O5S. The van der Waals surface area contributed by atoms with Crippen molar-refractivity contribution in [2.24, 2.45) is 0 Å². The lowest BCUT2D eigenvalue weighted by molar-refractivity contribution is 0.0998. The van der Waals surface area contributed by atoms with Crippen molar-refractivity contribution < 1.29 is 23.1 Å². The van der Waals surface area contributed by atoms with Gasteiger partial charge in [-0.1, -0.05) is 36.4 Å². The van der Waals surface area contributed by atoms with E-state index in [9.17, 15) is 18.3 Å². The Morgan fingerprint density at radius 3 is 2.52 bits per heavy atom. The second-order valence-electron chi connectivity index (χ2n) is 6.80. The summed E-state index contributed by atoms with van der Waals surface area (Å²) in [5.41, 5.74) is 1.34. The van der Waals surface area contributed by atoms with Crippen LogP contribution >= 0.6 is 0 Å². The Bertz CT molecular complexity index is 1240. The molecule has 0 aliphatic carbocycles. The number of para-hydroxylation sites is 1. The van der Waals surface area contributed by atoms with Crippen LogP contribution in [0.3, 0.4) is 0 Å². The lowest BCUT2D eigenvalue weighted by atomic mass is 10.0. The van der Waals surface area contributed by atoms with Crippen LogP contribution in [0.15, 0.2) is 83.5 Å². The Labute approximate surface area is 180 Å². The molecule has 2 aromatic carbocycles. The lowest BCUT2D eigenvalue weighted by Crippen LogP contribution is -2.40. The quantitative estimate of drug-likeness (QED) is 0.597. The number of aliphatic hydroxyl groups excluding tert-OH is 1. The van der Waals surface area contributed by atoms with E-state index in [2.05, 4.69) is 4.98 Å². The van der Waals surface area contributed by atoms with Gasteiger partial charge in [0, 0.05) is 17.3 Å². The molecule has 0 spiro atoms. The molecule has 0 saturated heterocycles. The van der Waals surface area contributed by atoms with Gasteiger partial charge in [-0.05, 0) is 36.4 Å². The number of nitrogens with zero attached hydrogens (tertiary/aromatic N) is 2. The molecule has 7 nitrogen and oxygen atoms in total. The Hall–Kier alpha value is -3.49. The Morgan fingerprint density at radius 2 is 1.74 bits per heavy atom. The van der Waals surface area contributed by atoms with Crippen molar-refractivity contribution in [1.29, 1.82) is 0 Å². The second kappa shape index (κ2) is 8.71. The first-order valence-electron chi connectivity index (χ1n) is 9.63. The summed E-state index contributed by atoms with van der Waals surface area (Å²) in [6, 6.07) is 18.6. The highest BCUT2D eigenvalue weighted by Crippen LogP contribution is 2.34. The van der Waals surface area contributed by atoms with Crippen molar-refractivity contribution in [2.45, 2.75) is 11.5 Å². The largest absolute Gasteiger partial charge is 0.487 e. The van der Waals surface area contributed by atoms with Crippen LogP contribution in [0.2, 0.25) is 0 Å². The van der Waals surface area contributed by atoms with Gasteiger partial charge in [0.2, 0.25) is 5.78 Å². The zero-order chi connectivity index (χ0) is 21.8. The molecule has 0 amide bonds. The number of carbonyl (C=O) groups is 1. The maximum Gasteiger partial charge on any atom is 0.265 e. The van der Waals surface area contributed by atoms with Gasteiger partial charge in [0.1, 0.15) is 18.1 Å². The van der Waals surface area contributed by atoms with Crippen molar-refractivity contribution in [3.63, 3.8) is 0 Å². The van der Waals surface area contributed by atoms with Gasteiger partial charge >= 0.3 is 0 Å². The molecule has 1 aliphatic rings. The minimum Gasteiger partial charge on any atom is -0.487 e. The number of hydrogen-bond donors (Lipinski definition) is 1. The number of rotatable bonds is 6. The number of ketones is 1. The van der Waals surface area contributed by atoms with Crippen molar-refractivity contribution >= 4 is 21.9 Å². The average Bonchev–Trinajstić information content (AvgIpc) is 2.80. The Kier molecular flexibility index (Phi) is 5.83. The molecule has 2 heterocycles. The van der Waals surface area contributed by atoms with E-state index in [0.29, 0.717) is 11.3 Å². The van der Waals surface area contributed by atoms with Gasteiger partial charge in [-0.15, -0.1) is 0 Å². The molecule has 0 bridgehead atoms. The minimum atomic E-state index is -3.98. The molecular weight excluding hydrogens is 416 g/mol. The summed E-state index contributed by atoms with van der Waals surface area (Å²) in [7, 11) is -3.98. The molecule has 1 N–H and O–H groups in total. The van der Waals surface area contributed by atoms with Gasteiger partial charge < -0.3 is 9.84 Å². The topological polar surface area (TPSA) is 96.8 Å². The summed E-state index contributed by atoms with van der Waals surface area (Å²) in [4.78, 5) is 17.3. The Morgan fingerprint density at radius 1 is 1.00 bits per heavy atom. The normalized spacial score (nSPS) is 16.2. The van der Waals surface area contributed by atoms with Crippen LogP contribution in [0.25, 0.3) is 6.08 Å². The third kappa shape index (κ3) is 4.08. The number of sulfonamides is 1. The molecule has 1 aliphatic heterocycles. The van der Waals surface area contributed by atoms with Crippen molar-refractivity contribution in [3.05, 3.63) is 95.4 Å². The number of Topliss-reactive ketones (excluding diaryl/α,β-unsaturated/α-hetero) is 1. The third-order valence-corrected chi connectivity index (χ3v) is 6.69. The van der Waals surface area contributed by atoms with Crippen LogP contribution in [-0.4, -0.2) is 41.7 Å².